The van der Waals surface area contributed by atoms with Crippen molar-refractivity contribution in [1.82, 2.24) is 0 Å². The summed E-state index contributed by atoms with van der Waals surface area (Å²) in [7, 11) is 0. The molecule has 0 aliphatic carbocycles. The lowest BCUT2D eigenvalue weighted by Crippen LogP contribution is -2.62. The summed E-state index contributed by atoms with van der Waals surface area (Å²) in [5.41, 5.74) is -0.391. The van der Waals surface area contributed by atoms with Gasteiger partial charge in [-0.05, 0) is 31.4 Å². The number of hydrogen-bond acceptors (Lipinski definition) is 7. The maximum Gasteiger partial charge on any atom is 0.137 e. The summed E-state index contributed by atoms with van der Waals surface area (Å²) < 4.78 is 25.3. The second-order valence-electron chi connectivity index (χ2n) is 8.22. The minimum absolute atomic E-state index is 0.350. The van der Waals surface area contributed by atoms with Gasteiger partial charge in [0.2, 0.25) is 0 Å². The molecule has 1 saturated heterocycles. The summed E-state index contributed by atoms with van der Waals surface area (Å²) in [6, 6.07) is 10.0. The topological polar surface area (TPSA) is 77.4 Å². The maximum atomic E-state index is 10.6. The molecule has 0 spiro atoms. The minimum atomic E-state index is -1.06. The fourth-order valence-electron chi connectivity index (χ4n) is 3.62. The lowest BCUT2D eigenvalue weighted by Gasteiger charge is -2.47. The van der Waals surface area contributed by atoms with Gasteiger partial charge >= 0.3 is 0 Å². The molecule has 1 aromatic carbocycles. The first kappa shape index (κ1) is 27.6. The van der Waals surface area contributed by atoms with Crippen molar-refractivity contribution in [3.05, 3.63) is 30.3 Å². The van der Waals surface area contributed by atoms with Crippen molar-refractivity contribution >= 4 is 11.8 Å². The van der Waals surface area contributed by atoms with E-state index in [-0.39, 0.29) is 6.10 Å². The summed E-state index contributed by atoms with van der Waals surface area (Å²) in [6.45, 7) is 7.72. The normalized spacial score (nSPS) is 26.8. The van der Waals surface area contributed by atoms with E-state index in [2.05, 4.69) is 20.8 Å². The van der Waals surface area contributed by atoms with Gasteiger partial charge in [-0.1, -0.05) is 70.0 Å². The Labute approximate surface area is 198 Å². The molecule has 1 aliphatic heterocycles. The Kier molecular flexibility index (Phi) is 13.8. The summed E-state index contributed by atoms with van der Waals surface area (Å²) >= 11 is 1.56. The van der Waals surface area contributed by atoms with Gasteiger partial charge in [0.25, 0.3) is 0 Å². The van der Waals surface area contributed by atoms with E-state index in [1.54, 1.807) is 11.8 Å². The van der Waals surface area contributed by atoms with E-state index in [0.29, 0.717) is 19.8 Å². The van der Waals surface area contributed by atoms with Crippen LogP contribution in [0.1, 0.15) is 59.3 Å². The molecule has 7 heteroatoms. The molecule has 1 aliphatic rings. The van der Waals surface area contributed by atoms with Crippen molar-refractivity contribution in [3.63, 3.8) is 0 Å². The van der Waals surface area contributed by atoms with E-state index in [4.69, 9.17) is 18.9 Å². The van der Waals surface area contributed by atoms with Gasteiger partial charge in [-0.25, -0.2) is 0 Å². The van der Waals surface area contributed by atoms with Crippen molar-refractivity contribution in [3.8, 4) is 0 Å². The molecule has 2 rings (SSSR count). The highest BCUT2D eigenvalue weighted by atomic mass is 32.2. The first-order chi connectivity index (χ1) is 15.7. The van der Waals surface area contributed by atoms with Crippen LogP contribution < -0.4 is 0 Å². The van der Waals surface area contributed by atoms with Gasteiger partial charge < -0.3 is 29.2 Å². The minimum Gasteiger partial charge on any atom is -0.394 e. The number of thioether (sulfide) groups is 1. The third-order valence-electron chi connectivity index (χ3n) is 5.52. The van der Waals surface area contributed by atoms with Crippen LogP contribution in [0.4, 0.5) is 0 Å². The molecule has 6 atom stereocenters. The number of aliphatic hydroxyl groups is 2. The summed E-state index contributed by atoms with van der Waals surface area (Å²) in [6.07, 6.45) is 2.84. The molecule has 1 heterocycles. The maximum absolute atomic E-state index is 10.6. The summed E-state index contributed by atoms with van der Waals surface area (Å²) in [5.74, 6) is 0. The Balaban J connectivity index is 2.32. The molecule has 0 saturated carbocycles. The second-order valence-corrected chi connectivity index (χ2v) is 9.39. The van der Waals surface area contributed by atoms with Crippen molar-refractivity contribution in [1.29, 1.82) is 0 Å². The number of rotatable bonds is 16. The molecular weight excluding hydrogens is 428 g/mol. The molecule has 0 bridgehead atoms. The van der Waals surface area contributed by atoms with Crippen molar-refractivity contribution in [2.45, 2.75) is 100 Å². The number of hydrogen-bond donors (Lipinski definition) is 2. The standard InChI is InChI=1S/C25H42O6S/c1-4-7-15-28-22-21(20(27)18-26)31-25(32-19-13-11-10-12-14-19)24(30-17-9-6-3)23(22)29-16-8-5-2/h10-14,20-27H,4-9,15-18H2,1-3H3/t20-,21?,22-,23?,24?,25-/m1/s1. The van der Waals surface area contributed by atoms with Crippen molar-refractivity contribution < 1.29 is 29.2 Å². The monoisotopic (exact) mass is 470 g/mol. The molecule has 0 aromatic heterocycles. The highest BCUT2D eigenvalue weighted by molar-refractivity contribution is 7.99. The molecule has 1 aromatic rings. The Bertz CT molecular complexity index is 589. The van der Waals surface area contributed by atoms with Crippen LogP contribution in [-0.2, 0) is 18.9 Å². The molecule has 2 N–H and O–H groups in total. The van der Waals surface area contributed by atoms with E-state index < -0.39 is 36.5 Å². The predicted molar refractivity (Wildman–Crippen MR) is 128 cm³/mol. The largest absolute Gasteiger partial charge is 0.394 e. The van der Waals surface area contributed by atoms with Crippen LogP contribution in [0, 0.1) is 0 Å². The average Bonchev–Trinajstić information content (AvgIpc) is 2.81. The van der Waals surface area contributed by atoms with E-state index in [0.717, 1.165) is 43.4 Å². The van der Waals surface area contributed by atoms with Crippen LogP contribution in [0.3, 0.4) is 0 Å². The van der Waals surface area contributed by atoms with Crippen LogP contribution >= 0.6 is 11.8 Å². The number of ether oxygens (including phenoxy) is 4. The van der Waals surface area contributed by atoms with Gasteiger partial charge in [-0.3, -0.25) is 0 Å². The van der Waals surface area contributed by atoms with E-state index in [9.17, 15) is 10.2 Å². The zero-order chi connectivity index (χ0) is 23.2. The highest BCUT2D eigenvalue weighted by Gasteiger charge is 2.50. The number of benzene rings is 1. The van der Waals surface area contributed by atoms with Crippen molar-refractivity contribution in [2.24, 2.45) is 0 Å². The Morgan fingerprint density at radius 2 is 1.38 bits per heavy atom. The first-order valence-corrected chi connectivity index (χ1v) is 13.0. The molecule has 1 fully saturated rings. The Hall–Kier alpha value is -0.670. The second kappa shape index (κ2) is 16.0. The lowest BCUT2D eigenvalue weighted by molar-refractivity contribution is -0.258. The van der Waals surface area contributed by atoms with Crippen LogP contribution in [-0.4, -0.2) is 72.6 Å². The fraction of sp³-hybridized carbons (Fsp3) is 0.760. The molecule has 32 heavy (non-hydrogen) atoms. The highest BCUT2D eigenvalue weighted by Crippen LogP contribution is 2.38. The molecule has 6 nitrogen and oxygen atoms in total. The average molecular weight is 471 g/mol. The van der Waals surface area contributed by atoms with E-state index >= 15 is 0 Å². The smallest absolute Gasteiger partial charge is 0.137 e. The lowest BCUT2D eigenvalue weighted by atomic mass is 9.95. The Morgan fingerprint density at radius 1 is 0.844 bits per heavy atom. The van der Waals surface area contributed by atoms with Crippen LogP contribution in [0.5, 0.6) is 0 Å². The zero-order valence-electron chi connectivity index (χ0n) is 19.9. The van der Waals surface area contributed by atoms with Crippen molar-refractivity contribution in [2.75, 3.05) is 26.4 Å². The molecule has 3 unspecified atom stereocenters. The molecular formula is C25H42O6S. The quantitative estimate of drug-likeness (QED) is 0.347. The van der Waals surface area contributed by atoms with Gasteiger partial charge in [0.1, 0.15) is 36.0 Å². The number of aliphatic hydroxyl groups excluding tert-OH is 2. The molecule has 0 radical (unpaired) electrons. The summed E-state index contributed by atoms with van der Waals surface area (Å²) in [5, 5.41) is 20.4. The van der Waals surface area contributed by atoms with Gasteiger partial charge in [-0.15, -0.1) is 0 Å². The Morgan fingerprint density at radius 3 is 1.91 bits per heavy atom. The van der Waals surface area contributed by atoms with Crippen LogP contribution in [0.2, 0.25) is 0 Å². The number of unbranched alkanes of at least 4 members (excludes halogenated alkanes) is 3. The third-order valence-corrected chi connectivity index (χ3v) is 6.67. The zero-order valence-corrected chi connectivity index (χ0v) is 20.7. The fourth-order valence-corrected chi connectivity index (χ4v) is 4.76. The van der Waals surface area contributed by atoms with Gasteiger partial charge in [0, 0.05) is 24.7 Å². The van der Waals surface area contributed by atoms with Gasteiger partial charge in [-0.2, -0.15) is 0 Å². The van der Waals surface area contributed by atoms with Gasteiger partial charge in [0.15, 0.2) is 0 Å². The summed E-state index contributed by atoms with van der Waals surface area (Å²) in [4.78, 5) is 1.05. The first-order valence-electron chi connectivity index (χ1n) is 12.2. The molecule has 184 valence electrons. The molecule has 0 amide bonds. The van der Waals surface area contributed by atoms with E-state index in [1.807, 2.05) is 30.3 Å². The SMILES string of the molecule is CCCCOC1C(OCCCC)[C@@H](Sc2ccccc2)OC([C@H](O)CO)[C@H]1OCCCC. The van der Waals surface area contributed by atoms with Crippen LogP contribution in [0.15, 0.2) is 35.2 Å². The third kappa shape index (κ3) is 8.60. The van der Waals surface area contributed by atoms with Gasteiger partial charge in [0.05, 0.1) is 6.61 Å². The van der Waals surface area contributed by atoms with E-state index in [1.165, 1.54) is 0 Å². The van der Waals surface area contributed by atoms with Crippen LogP contribution in [0.25, 0.3) is 0 Å². The predicted octanol–water partition coefficient (Wildman–Crippen LogP) is 4.41.